The molecule has 1 atom stereocenters. The van der Waals surface area contributed by atoms with Crippen LogP contribution in [0.3, 0.4) is 0 Å². The molecule has 0 saturated heterocycles. The average Bonchev–Trinajstić information content (AvgIpc) is 2.25. The van der Waals surface area contributed by atoms with Crippen molar-refractivity contribution in [2.75, 3.05) is 5.32 Å². The van der Waals surface area contributed by atoms with Crippen molar-refractivity contribution in [3.8, 4) is 0 Å². The van der Waals surface area contributed by atoms with Crippen LogP contribution in [0.2, 0.25) is 0 Å². The van der Waals surface area contributed by atoms with Gasteiger partial charge in [0, 0.05) is 0 Å². The van der Waals surface area contributed by atoms with Crippen LogP contribution in [0.4, 0.5) is 5.69 Å². The van der Waals surface area contributed by atoms with E-state index < -0.39 is 21.0 Å². The monoisotopic (exact) mass is 267 g/mol. The number of hydrogen-bond acceptors (Lipinski definition) is 3. The molecule has 5 heteroatoms. The van der Waals surface area contributed by atoms with Crippen molar-refractivity contribution in [2.45, 2.75) is 43.3 Å². The van der Waals surface area contributed by atoms with E-state index in [2.05, 4.69) is 5.32 Å². The van der Waals surface area contributed by atoms with Crippen molar-refractivity contribution < 1.29 is 13.2 Å². The number of nitrogens with one attached hydrogen (secondary N) is 1. The highest BCUT2D eigenvalue weighted by Gasteiger charge is 2.37. The second-order valence-electron chi connectivity index (χ2n) is 5.64. The number of anilines is 1. The first-order chi connectivity index (χ1) is 8.14. The summed E-state index contributed by atoms with van der Waals surface area (Å²) in [5, 5.41) is 1.60. The Morgan fingerprint density at radius 3 is 2.39 bits per heavy atom. The second kappa shape index (κ2) is 3.82. The van der Waals surface area contributed by atoms with Gasteiger partial charge in [-0.1, -0.05) is 26.8 Å². The minimum Gasteiger partial charge on any atom is -0.324 e. The SMILES string of the molecule is CC1C(=O)Nc2ccc(C(C)(C)C)cc2S1(=O)=O. The smallest absolute Gasteiger partial charge is 0.242 e. The maximum atomic E-state index is 12.2. The van der Waals surface area contributed by atoms with Gasteiger partial charge in [-0.25, -0.2) is 8.42 Å². The summed E-state index contributed by atoms with van der Waals surface area (Å²) >= 11 is 0. The van der Waals surface area contributed by atoms with Crippen LogP contribution < -0.4 is 5.32 Å². The van der Waals surface area contributed by atoms with Gasteiger partial charge in [0.1, 0.15) is 5.25 Å². The normalized spacial score (nSPS) is 22.2. The highest BCUT2D eigenvalue weighted by molar-refractivity contribution is 7.93. The second-order valence-corrected chi connectivity index (χ2v) is 7.87. The number of carbonyl (C=O) groups excluding carboxylic acids is 1. The van der Waals surface area contributed by atoms with Gasteiger partial charge in [-0.2, -0.15) is 0 Å². The lowest BCUT2D eigenvalue weighted by Crippen LogP contribution is -2.37. The van der Waals surface area contributed by atoms with Gasteiger partial charge in [0.25, 0.3) is 0 Å². The Labute approximate surface area is 107 Å². The largest absolute Gasteiger partial charge is 0.324 e. The molecule has 1 unspecified atom stereocenters. The zero-order valence-electron chi connectivity index (χ0n) is 10.9. The molecule has 1 aromatic rings. The Morgan fingerprint density at radius 1 is 1.22 bits per heavy atom. The molecule has 1 N–H and O–H groups in total. The van der Waals surface area contributed by atoms with Crippen molar-refractivity contribution in [1.82, 2.24) is 0 Å². The van der Waals surface area contributed by atoms with E-state index in [0.29, 0.717) is 5.69 Å². The molecule has 0 radical (unpaired) electrons. The van der Waals surface area contributed by atoms with Gasteiger partial charge in [0.15, 0.2) is 9.84 Å². The summed E-state index contributed by atoms with van der Waals surface area (Å²) < 4.78 is 24.5. The van der Waals surface area contributed by atoms with Gasteiger partial charge in [0.2, 0.25) is 5.91 Å². The molecule has 2 rings (SSSR count). The fraction of sp³-hybridized carbons (Fsp3) is 0.462. The lowest BCUT2D eigenvalue weighted by Gasteiger charge is -2.26. The Kier molecular flexibility index (Phi) is 2.77. The molecule has 18 heavy (non-hydrogen) atoms. The lowest BCUT2D eigenvalue weighted by molar-refractivity contribution is -0.115. The van der Waals surface area contributed by atoms with Crippen molar-refractivity contribution in [3.05, 3.63) is 23.8 Å². The van der Waals surface area contributed by atoms with Gasteiger partial charge >= 0.3 is 0 Å². The molecule has 1 aliphatic heterocycles. The van der Waals surface area contributed by atoms with E-state index in [9.17, 15) is 13.2 Å². The molecule has 1 heterocycles. The zero-order chi connectivity index (χ0) is 13.7. The predicted molar refractivity (Wildman–Crippen MR) is 70.4 cm³/mol. The first-order valence-electron chi connectivity index (χ1n) is 5.83. The van der Waals surface area contributed by atoms with Crippen LogP contribution in [0.15, 0.2) is 23.1 Å². The first-order valence-corrected chi connectivity index (χ1v) is 7.38. The molecule has 0 saturated carbocycles. The van der Waals surface area contributed by atoms with Crippen LogP contribution in [0.5, 0.6) is 0 Å². The minimum absolute atomic E-state index is 0.130. The standard InChI is InChI=1S/C13H17NO3S/c1-8-12(15)14-10-6-5-9(13(2,3)4)7-11(10)18(8,16)17/h5-8H,1-4H3,(H,14,15). The molecule has 98 valence electrons. The maximum absolute atomic E-state index is 12.2. The molecule has 0 spiro atoms. The van der Waals surface area contributed by atoms with Crippen LogP contribution in [0.1, 0.15) is 33.3 Å². The lowest BCUT2D eigenvalue weighted by atomic mass is 9.87. The Balaban J connectivity index is 2.67. The molecule has 1 aromatic carbocycles. The van der Waals surface area contributed by atoms with E-state index in [1.165, 1.54) is 6.92 Å². The predicted octanol–water partition coefficient (Wildman–Crippen LogP) is 2.10. The number of fused-ring (bicyclic) bond motifs is 1. The third-order valence-electron chi connectivity index (χ3n) is 3.25. The van der Waals surface area contributed by atoms with Crippen molar-refractivity contribution >= 4 is 21.4 Å². The van der Waals surface area contributed by atoms with E-state index in [1.807, 2.05) is 26.8 Å². The highest BCUT2D eigenvalue weighted by Crippen LogP contribution is 2.34. The fourth-order valence-corrected chi connectivity index (χ4v) is 3.33. The quantitative estimate of drug-likeness (QED) is 0.783. The van der Waals surface area contributed by atoms with Gasteiger partial charge < -0.3 is 5.32 Å². The number of benzene rings is 1. The summed E-state index contributed by atoms with van der Waals surface area (Å²) in [6, 6.07) is 5.18. The number of amides is 1. The van der Waals surface area contributed by atoms with Gasteiger partial charge in [-0.3, -0.25) is 4.79 Å². The van der Waals surface area contributed by atoms with Crippen LogP contribution in [0, 0.1) is 0 Å². The average molecular weight is 267 g/mol. The Bertz CT molecular complexity index is 612. The molecule has 1 amide bonds. The fourth-order valence-electron chi connectivity index (χ4n) is 1.89. The zero-order valence-corrected chi connectivity index (χ0v) is 11.8. The van der Waals surface area contributed by atoms with E-state index in [4.69, 9.17) is 0 Å². The molecule has 1 aliphatic rings. The molecule has 0 fully saturated rings. The molecular weight excluding hydrogens is 250 g/mol. The maximum Gasteiger partial charge on any atom is 0.242 e. The van der Waals surface area contributed by atoms with E-state index >= 15 is 0 Å². The third kappa shape index (κ3) is 1.92. The Morgan fingerprint density at radius 2 is 1.83 bits per heavy atom. The molecule has 0 aromatic heterocycles. The summed E-state index contributed by atoms with van der Waals surface area (Å²) in [5.41, 5.74) is 1.19. The highest BCUT2D eigenvalue weighted by atomic mass is 32.2. The summed E-state index contributed by atoms with van der Waals surface area (Å²) in [5.74, 6) is -0.467. The van der Waals surface area contributed by atoms with E-state index in [1.54, 1.807) is 12.1 Å². The molecule has 0 aliphatic carbocycles. The summed E-state index contributed by atoms with van der Waals surface area (Å²) in [6.07, 6.45) is 0. The molecule has 4 nitrogen and oxygen atoms in total. The number of sulfone groups is 1. The van der Waals surface area contributed by atoms with Gasteiger partial charge in [0.05, 0.1) is 10.6 Å². The van der Waals surface area contributed by atoms with Crippen molar-refractivity contribution in [3.63, 3.8) is 0 Å². The number of hydrogen-bond donors (Lipinski definition) is 1. The van der Waals surface area contributed by atoms with Crippen LogP contribution in [-0.4, -0.2) is 19.6 Å². The number of rotatable bonds is 0. The van der Waals surface area contributed by atoms with Gasteiger partial charge in [-0.15, -0.1) is 0 Å². The van der Waals surface area contributed by atoms with Crippen molar-refractivity contribution in [2.24, 2.45) is 0 Å². The van der Waals surface area contributed by atoms with Gasteiger partial charge in [-0.05, 0) is 30.0 Å². The minimum atomic E-state index is -3.56. The van der Waals surface area contributed by atoms with E-state index in [-0.39, 0.29) is 10.3 Å². The van der Waals surface area contributed by atoms with E-state index in [0.717, 1.165) is 5.56 Å². The van der Waals surface area contributed by atoms with Crippen LogP contribution >= 0.6 is 0 Å². The Hall–Kier alpha value is -1.36. The van der Waals surface area contributed by atoms with Crippen LogP contribution in [-0.2, 0) is 20.0 Å². The summed E-state index contributed by atoms with van der Waals surface area (Å²) in [7, 11) is -3.56. The van der Waals surface area contributed by atoms with Crippen LogP contribution in [0.25, 0.3) is 0 Å². The third-order valence-corrected chi connectivity index (χ3v) is 5.34. The summed E-state index contributed by atoms with van der Waals surface area (Å²) in [4.78, 5) is 11.8. The topological polar surface area (TPSA) is 63.2 Å². The molecular formula is C13H17NO3S. The summed E-state index contributed by atoms with van der Waals surface area (Å²) in [6.45, 7) is 7.47. The first kappa shape index (κ1) is 13.1. The molecule has 0 bridgehead atoms. The number of carbonyl (C=O) groups is 1. The van der Waals surface area contributed by atoms with Crippen molar-refractivity contribution in [1.29, 1.82) is 0 Å².